The molecule has 4 heteroatoms. The average Bonchev–Trinajstić information content (AvgIpc) is 3.19. The van der Waals surface area contributed by atoms with Gasteiger partial charge in [-0.05, 0) is 57.0 Å². The Kier molecular flexibility index (Phi) is 3.02. The number of likely N-dealkylation sites (tertiary alicyclic amines) is 1. The fraction of sp³-hybridized carbons (Fsp3) is 0.533. The number of fused-ring (bicyclic) bond motifs is 1. The number of hydrogen-bond acceptors (Lipinski definition) is 3. The number of rotatable bonds is 2. The lowest BCUT2D eigenvalue weighted by atomic mass is 9.97. The molecule has 1 aromatic heterocycles. The van der Waals surface area contributed by atoms with Gasteiger partial charge in [-0.3, -0.25) is 0 Å². The third-order valence-electron chi connectivity index (χ3n) is 4.31. The molecule has 1 aromatic carbocycles. The average molecular weight is 293 g/mol. The summed E-state index contributed by atoms with van der Waals surface area (Å²) in [6.45, 7) is 2.51. The van der Waals surface area contributed by atoms with Crippen LogP contribution in [-0.2, 0) is 0 Å². The van der Waals surface area contributed by atoms with Crippen LogP contribution >= 0.6 is 22.9 Å². The highest BCUT2D eigenvalue weighted by atomic mass is 35.5. The van der Waals surface area contributed by atoms with Gasteiger partial charge in [-0.25, -0.2) is 4.98 Å². The Labute approximate surface area is 122 Å². The van der Waals surface area contributed by atoms with E-state index in [0.717, 1.165) is 16.6 Å². The van der Waals surface area contributed by atoms with E-state index in [1.54, 1.807) is 0 Å². The van der Waals surface area contributed by atoms with E-state index in [0.29, 0.717) is 5.92 Å². The molecule has 0 radical (unpaired) electrons. The van der Waals surface area contributed by atoms with Gasteiger partial charge in [0.2, 0.25) is 0 Å². The van der Waals surface area contributed by atoms with Crippen LogP contribution in [0.15, 0.2) is 18.2 Å². The zero-order valence-corrected chi connectivity index (χ0v) is 12.4. The zero-order chi connectivity index (χ0) is 12.8. The molecule has 4 rings (SSSR count). The third kappa shape index (κ3) is 2.39. The highest BCUT2D eigenvalue weighted by molar-refractivity contribution is 7.18. The number of hydrogen-bond donors (Lipinski definition) is 0. The summed E-state index contributed by atoms with van der Waals surface area (Å²) in [5.74, 6) is 0.658. The minimum absolute atomic E-state index is 0.658. The van der Waals surface area contributed by atoms with Crippen LogP contribution in [0.1, 0.15) is 36.6 Å². The van der Waals surface area contributed by atoms with Crippen molar-refractivity contribution in [2.24, 2.45) is 0 Å². The molecule has 2 aliphatic rings. The minimum atomic E-state index is 0.658. The number of aromatic nitrogens is 1. The molecule has 0 amide bonds. The second-order valence-electron chi connectivity index (χ2n) is 5.71. The second-order valence-corrected chi connectivity index (χ2v) is 7.20. The summed E-state index contributed by atoms with van der Waals surface area (Å²) in [5.41, 5.74) is 1.07. The number of thiazole rings is 1. The van der Waals surface area contributed by atoms with Crippen molar-refractivity contribution in [2.45, 2.75) is 37.6 Å². The van der Waals surface area contributed by atoms with Gasteiger partial charge >= 0.3 is 0 Å². The monoisotopic (exact) mass is 292 g/mol. The highest BCUT2D eigenvalue weighted by Gasteiger charge is 2.32. The highest BCUT2D eigenvalue weighted by Crippen LogP contribution is 2.37. The molecule has 0 atom stereocenters. The van der Waals surface area contributed by atoms with Gasteiger partial charge in [-0.15, -0.1) is 11.3 Å². The molecule has 0 unspecified atom stereocenters. The van der Waals surface area contributed by atoms with Crippen molar-refractivity contribution in [3.63, 3.8) is 0 Å². The van der Waals surface area contributed by atoms with Crippen molar-refractivity contribution in [1.82, 2.24) is 9.88 Å². The van der Waals surface area contributed by atoms with Crippen molar-refractivity contribution < 1.29 is 0 Å². The summed E-state index contributed by atoms with van der Waals surface area (Å²) in [4.78, 5) is 7.47. The van der Waals surface area contributed by atoms with Gasteiger partial charge in [0, 0.05) is 17.0 Å². The molecular weight excluding hydrogens is 276 g/mol. The van der Waals surface area contributed by atoms with Crippen LogP contribution in [0.3, 0.4) is 0 Å². The summed E-state index contributed by atoms with van der Waals surface area (Å²) >= 11 is 7.88. The van der Waals surface area contributed by atoms with Crippen molar-refractivity contribution in [3.8, 4) is 0 Å². The Bertz CT molecular complexity index is 597. The normalized spacial score (nSPS) is 22.2. The van der Waals surface area contributed by atoms with Crippen LogP contribution in [0.25, 0.3) is 10.2 Å². The van der Waals surface area contributed by atoms with Gasteiger partial charge in [0.15, 0.2) is 0 Å². The predicted octanol–water partition coefficient (Wildman–Crippen LogP) is 4.29. The van der Waals surface area contributed by atoms with Gasteiger partial charge in [-0.2, -0.15) is 0 Å². The zero-order valence-electron chi connectivity index (χ0n) is 10.8. The smallest absolute Gasteiger partial charge is 0.0970 e. The first-order chi connectivity index (χ1) is 9.29. The van der Waals surface area contributed by atoms with Crippen LogP contribution in [0, 0.1) is 0 Å². The first kappa shape index (κ1) is 12.1. The van der Waals surface area contributed by atoms with Crippen LogP contribution < -0.4 is 0 Å². The van der Waals surface area contributed by atoms with Gasteiger partial charge in [0.25, 0.3) is 0 Å². The van der Waals surface area contributed by atoms with Gasteiger partial charge in [-0.1, -0.05) is 11.6 Å². The molecule has 2 heterocycles. The molecule has 2 aromatic rings. The summed E-state index contributed by atoms with van der Waals surface area (Å²) in [6, 6.07) is 6.95. The van der Waals surface area contributed by atoms with E-state index in [4.69, 9.17) is 16.6 Å². The first-order valence-corrected chi connectivity index (χ1v) is 8.29. The molecule has 0 spiro atoms. The molecule has 100 valence electrons. The molecule has 1 saturated heterocycles. The maximum Gasteiger partial charge on any atom is 0.0970 e. The van der Waals surface area contributed by atoms with E-state index < -0.39 is 0 Å². The molecule has 0 bridgehead atoms. The topological polar surface area (TPSA) is 16.1 Å². The van der Waals surface area contributed by atoms with Crippen molar-refractivity contribution in [3.05, 3.63) is 28.2 Å². The van der Waals surface area contributed by atoms with E-state index in [1.165, 1.54) is 48.5 Å². The van der Waals surface area contributed by atoms with Gasteiger partial charge < -0.3 is 4.90 Å². The molecule has 1 aliphatic carbocycles. The Morgan fingerprint density at radius 2 is 1.95 bits per heavy atom. The largest absolute Gasteiger partial charge is 0.300 e. The Morgan fingerprint density at radius 3 is 2.68 bits per heavy atom. The molecule has 1 aliphatic heterocycles. The summed E-state index contributed by atoms with van der Waals surface area (Å²) in [7, 11) is 0. The van der Waals surface area contributed by atoms with E-state index >= 15 is 0 Å². The summed E-state index contributed by atoms with van der Waals surface area (Å²) < 4.78 is 1.27. The standard InChI is InChI=1S/C15H17ClN2S/c16-11-1-4-14-13(9-11)17-15(19-14)10-5-7-18(8-6-10)12-2-3-12/h1,4,9-10,12H,2-3,5-8H2. The predicted molar refractivity (Wildman–Crippen MR) is 81.2 cm³/mol. The Balaban J connectivity index is 1.54. The Morgan fingerprint density at radius 1 is 1.16 bits per heavy atom. The molecule has 1 saturated carbocycles. The lowest BCUT2D eigenvalue weighted by Gasteiger charge is -2.30. The maximum atomic E-state index is 6.03. The summed E-state index contributed by atoms with van der Waals surface area (Å²) in [6.07, 6.45) is 5.38. The molecule has 2 fully saturated rings. The van der Waals surface area contributed by atoms with Crippen LogP contribution in [0.2, 0.25) is 5.02 Å². The first-order valence-electron chi connectivity index (χ1n) is 7.09. The van der Waals surface area contributed by atoms with Crippen molar-refractivity contribution in [2.75, 3.05) is 13.1 Å². The lowest BCUT2D eigenvalue weighted by molar-refractivity contribution is 0.203. The van der Waals surface area contributed by atoms with Gasteiger partial charge in [0.1, 0.15) is 0 Å². The Hall–Kier alpha value is -0.640. The van der Waals surface area contributed by atoms with E-state index in [1.807, 2.05) is 23.5 Å². The fourth-order valence-electron chi connectivity index (χ4n) is 3.04. The number of nitrogens with zero attached hydrogens (tertiary/aromatic N) is 2. The SMILES string of the molecule is Clc1ccc2sc(C3CCN(C4CC4)CC3)nc2c1. The maximum absolute atomic E-state index is 6.03. The van der Waals surface area contributed by atoms with E-state index in [-0.39, 0.29) is 0 Å². The summed E-state index contributed by atoms with van der Waals surface area (Å²) in [5, 5.41) is 2.10. The molecule has 0 N–H and O–H groups in total. The minimum Gasteiger partial charge on any atom is -0.300 e. The number of benzene rings is 1. The van der Waals surface area contributed by atoms with Gasteiger partial charge in [0.05, 0.1) is 15.2 Å². The molecule has 19 heavy (non-hydrogen) atoms. The van der Waals surface area contributed by atoms with Crippen LogP contribution in [0.5, 0.6) is 0 Å². The van der Waals surface area contributed by atoms with Crippen LogP contribution in [0.4, 0.5) is 0 Å². The molecular formula is C15H17ClN2S. The fourth-order valence-corrected chi connectivity index (χ4v) is 4.33. The quantitative estimate of drug-likeness (QED) is 0.821. The third-order valence-corrected chi connectivity index (χ3v) is 5.74. The van der Waals surface area contributed by atoms with Crippen molar-refractivity contribution >= 4 is 33.2 Å². The molecule has 2 nitrogen and oxygen atoms in total. The van der Waals surface area contributed by atoms with Crippen molar-refractivity contribution in [1.29, 1.82) is 0 Å². The number of piperidine rings is 1. The van der Waals surface area contributed by atoms with E-state index in [2.05, 4.69) is 11.0 Å². The second kappa shape index (κ2) is 4.72. The lowest BCUT2D eigenvalue weighted by Crippen LogP contribution is -2.34. The van der Waals surface area contributed by atoms with Crippen LogP contribution in [-0.4, -0.2) is 29.0 Å². The number of halogens is 1. The van der Waals surface area contributed by atoms with E-state index in [9.17, 15) is 0 Å².